The molecule has 0 saturated heterocycles. The zero-order chi connectivity index (χ0) is 9.68. The van der Waals surface area contributed by atoms with Crippen molar-refractivity contribution in [2.24, 2.45) is 0 Å². The van der Waals surface area contributed by atoms with E-state index in [1.807, 2.05) is 0 Å². The standard InChI is InChI=1S/C11H14OS/c1-3-10-4-6-11(7-5-10)13-8-9(2)12/h4-7H,3,8H2,1-2H3. The number of ketones is 1. The van der Waals surface area contributed by atoms with Crippen LogP contribution in [0.1, 0.15) is 19.4 Å². The van der Waals surface area contributed by atoms with Crippen molar-refractivity contribution in [1.29, 1.82) is 0 Å². The summed E-state index contributed by atoms with van der Waals surface area (Å²) in [5.74, 6) is 0.801. The van der Waals surface area contributed by atoms with Gasteiger partial charge >= 0.3 is 0 Å². The normalized spacial score (nSPS) is 10.0. The first-order chi connectivity index (χ1) is 6.22. The molecule has 13 heavy (non-hydrogen) atoms. The molecule has 0 aliphatic carbocycles. The van der Waals surface area contributed by atoms with Gasteiger partial charge in [0.2, 0.25) is 0 Å². The van der Waals surface area contributed by atoms with Crippen LogP contribution in [0.5, 0.6) is 0 Å². The molecule has 0 amide bonds. The van der Waals surface area contributed by atoms with Crippen LogP contribution in [0.4, 0.5) is 0 Å². The number of hydrogen-bond acceptors (Lipinski definition) is 2. The molecule has 70 valence electrons. The third kappa shape index (κ3) is 3.64. The first-order valence-electron chi connectivity index (χ1n) is 4.43. The lowest BCUT2D eigenvalue weighted by atomic mass is 10.2. The summed E-state index contributed by atoms with van der Waals surface area (Å²) in [5.41, 5.74) is 1.34. The first kappa shape index (κ1) is 10.3. The zero-order valence-electron chi connectivity index (χ0n) is 8.04. The molecule has 0 fully saturated rings. The number of benzene rings is 1. The molecule has 0 aromatic heterocycles. The molecule has 0 spiro atoms. The van der Waals surface area contributed by atoms with Gasteiger partial charge in [0.05, 0.1) is 5.75 Å². The van der Waals surface area contributed by atoms with Crippen molar-refractivity contribution in [3.63, 3.8) is 0 Å². The Labute approximate surface area is 83.5 Å². The maximum absolute atomic E-state index is 10.7. The van der Waals surface area contributed by atoms with E-state index >= 15 is 0 Å². The Balaban J connectivity index is 2.54. The maximum atomic E-state index is 10.7. The molecule has 0 heterocycles. The van der Waals surface area contributed by atoms with Crippen molar-refractivity contribution in [1.82, 2.24) is 0 Å². The molecule has 0 N–H and O–H groups in total. The van der Waals surface area contributed by atoms with Crippen molar-refractivity contribution in [2.45, 2.75) is 25.2 Å². The average Bonchev–Trinajstić information content (AvgIpc) is 2.15. The molecule has 0 unspecified atom stereocenters. The van der Waals surface area contributed by atoms with E-state index in [-0.39, 0.29) is 5.78 Å². The van der Waals surface area contributed by atoms with Crippen molar-refractivity contribution in [3.05, 3.63) is 29.8 Å². The molecule has 1 nitrogen and oxygen atoms in total. The van der Waals surface area contributed by atoms with Gasteiger partial charge in [0.1, 0.15) is 5.78 Å². The SMILES string of the molecule is CCc1ccc(SCC(C)=O)cc1. The van der Waals surface area contributed by atoms with Gasteiger partial charge in [-0.3, -0.25) is 4.79 Å². The molecular weight excluding hydrogens is 180 g/mol. The molecule has 2 heteroatoms. The van der Waals surface area contributed by atoms with E-state index in [1.54, 1.807) is 18.7 Å². The van der Waals surface area contributed by atoms with Gasteiger partial charge in [0.25, 0.3) is 0 Å². The molecule has 0 aliphatic heterocycles. The fraction of sp³-hybridized carbons (Fsp3) is 0.364. The minimum atomic E-state index is 0.226. The minimum absolute atomic E-state index is 0.226. The van der Waals surface area contributed by atoms with Crippen molar-refractivity contribution >= 4 is 17.5 Å². The monoisotopic (exact) mass is 194 g/mol. The van der Waals surface area contributed by atoms with Crippen LogP contribution in [0.2, 0.25) is 0 Å². The number of Topliss-reactive ketones (excluding diaryl/α,β-unsaturated/α-hetero) is 1. The van der Waals surface area contributed by atoms with Crippen LogP contribution in [0.3, 0.4) is 0 Å². The van der Waals surface area contributed by atoms with Crippen LogP contribution < -0.4 is 0 Å². The Kier molecular flexibility index (Phi) is 4.03. The molecule has 0 radical (unpaired) electrons. The Bertz CT molecular complexity index is 277. The highest BCUT2D eigenvalue weighted by molar-refractivity contribution is 8.00. The van der Waals surface area contributed by atoms with E-state index in [9.17, 15) is 4.79 Å². The highest BCUT2D eigenvalue weighted by Gasteiger charge is 1.96. The van der Waals surface area contributed by atoms with Crippen LogP contribution >= 0.6 is 11.8 Å². The number of thioether (sulfide) groups is 1. The highest BCUT2D eigenvalue weighted by Crippen LogP contribution is 2.18. The Morgan fingerprint density at radius 1 is 1.31 bits per heavy atom. The van der Waals surface area contributed by atoms with E-state index in [0.29, 0.717) is 5.75 Å². The largest absolute Gasteiger partial charge is 0.299 e. The molecule has 0 aliphatic rings. The molecule has 1 aromatic carbocycles. The zero-order valence-corrected chi connectivity index (χ0v) is 8.86. The van der Waals surface area contributed by atoms with Gasteiger partial charge in [-0.1, -0.05) is 19.1 Å². The van der Waals surface area contributed by atoms with Crippen molar-refractivity contribution in [2.75, 3.05) is 5.75 Å². The summed E-state index contributed by atoms with van der Waals surface area (Å²) < 4.78 is 0. The fourth-order valence-electron chi connectivity index (χ4n) is 1.01. The quantitative estimate of drug-likeness (QED) is 0.685. The summed E-state index contributed by atoms with van der Waals surface area (Å²) in [6.45, 7) is 3.76. The predicted octanol–water partition coefficient (Wildman–Crippen LogP) is 2.93. The second-order valence-corrected chi connectivity index (χ2v) is 4.04. The summed E-state index contributed by atoms with van der Waals surface area (Å²) >= 11 is 1.60. The van der Waals surface area contributed by atoms with Gasteiger partial charge < -0.3 is 0 Å². The maximum Gasteiger partial charge on any atom is 0.140 e. The van der Waals surface area contributed by atoms with E-state index in [1.165, 1.54) is 10.5 Å². The Morgan fingerprint density at radius 2 is 1.92 bits per heavy atom. The number of rotatable bonds is 4. The average molecular weight is 194 g/mol. The van der Waals surface area contributed by atoms with Crippen LogP contribution in [0.15, 0.2) is 29.2 Å². The third-order valence-electron chi connectivity index (χ3n) is 1.77. The van der Waals surface area contributed by atoms with Crippen LogP contribution in [0, 0.1) is 0 Å². The Morgan fingerprint density at radius 3 is 2.38 bits per heavy atom. The number of hydrogen-bond donors (Lipinski definition) is 0. The van der Waals surface area contributed by atoms with Gasteiger partial charge in [-0.2, -0.15) is 0 Å². The summed E-state index contributed by atoms with van der Waals surface area (Å²) in [4.78, 5) is 11.9. The van der Waals surface area contributed by atoms with E-state index < -0.39 is 0 Å². The highest BCUT2D eigenvalue weighted by atomic mass is 32.2. The van der Waals surface area contributed by atoms with Gasteiger partial charge in [0, 0.05) is 4.90 Å². The van der Waals surface area contributed by atoms with E-state index in [2.05, 4.69) is 31.2 Å². The van der Waals surface area contributed by atoms with Crippen LogP contribution in [0.25, 0.3) is 0 Å². The summed E-state index contributed by atoms with van der Waals surface area (Å²) in [7, 11) is 0. The summed E-state index contributed by atoms with van der Waals surface area (Å²) in [6, 6.07) is 8.38. The Hall–Kier alpha value is -0.760. The smallest absolute Gasteiger partial charge is 0.140 e. The van der Waals surface area contributed by atoms with Gasteiger partial charge in [-0.05, 0) is 31.0 Å². The van der Waals surface area contributed by atoms with Crippen molar-refractivity contribution < 1.29 is 4.79 Å². The van der Waals surface area contributed by atoms with Gasteiger partial charge in [-0.25, -0.2) is 0 Å². The lowest BCUT2D eigenvalue weighted by Gasteiger charge is -2.00. The van der Waals surface area contributed by atoms with Crippen LogP contribution in [-0.2, 0) is 11.2 Å². The summed E-state index contributed by atoms with van der Waals surface area (Å²) in [5, 5.41) is 0. The molecule has 0 bridgehead atoms. The molecular formula is C11H14OS. The lowest BCUT2D eigenvalue weighted by Crippen LogP contribution is -1.92. The minimum Gasteiger partial charge on any atom is -0.299 e. The van der Waals surface area contributed by atoms with Gasteiger partial charge in [0.15, 0.2) is 0 Å². The topological polar surface area (TPSA) is 17.1 Å². The number of carbonyl (C=O) groups is 1. The second kappa shape index (κ2) is 5.07. The lowest BCUT2D eigenvalue weighted by molar-refractivity contribution is -0.114. The second-order valence-electron chi connectivity index (χ2n) is 2.99. The fourth-order valence-corrected chi connectivity index (χ4v) is 1.70. The molecule has 1 rings (SSSR count). The summed E-state index contributed by atoms with van der Waals surface area (Å²) in [6.07, 6.45) is 1.07. The number of carbonyl (C=O) groups excluding carboxylic acids is 1. The molecule has 1 aromatic rings. The third-order valence-corrected chi connectivity index (χ3v) is 2.93. The van der Waals surface area contributed by atoms with E-state index in [0.717, 1.165) is 6.42 Å². The van der Waals surface area contributed by atoms with Crippen LogP contribution in [-0.4, -0.2) is 11.5 Å². The molecule has 0 saturated carbocycles. The van der Waals surface area contributed by atoms with Gasteiger partial charge in [-0.15, -0.1) is 11.8 Å². The number of aryl methyl sites for hydroxylation is 1. The van der Waals surface area contributed by atoms with E-state index in [4.69, 9.17) is 0 Å². The molecule has 0 atom stereocenters. The first-order valence-corrected chi connectivity index (χ1v) is 5.42. The predicted molar refractivity (Wildman–Crippen MR) is 57.2 cm³/mol. The van der Waals surface area contributed by atoms with Crippen molar-refractivity contribution in [3.8, 4) is 0 Å².